The Morgan fingerprint density at radius 2 is 2.31 bits per heavy atom. The van der Waals surface area contributed by atoms with E-state index in [0.717, 1.165) is 45.0 Å². The van der Waals surface area contributed by atoms with Crippen molar-refractivity contribution in [2.75, 3.05) is 32.8 Å². The number of nitrogens with two attached hydrogens (primary N) is 1. The van der Waals surface area contributed by atoms with Gasteiger partial charge in [-0.15, -0.1) is 0 Å². The molecule has 1 aromatic rings. The summed E-state index contributed by atoms with van der Waals surface area (Å²) in [6.45, 7) is 7.02. The lowest BCUT2D eigenvalue weighted by Crippen LogP contribution is -2.30. The molecule has 0 saturated carbocycles. The van der Waals surface area contributed by atoms with Gasteiger partial charge in [0.05, 0.1) is 12.8 Å². The summed E-state index contributed by atoms with van der Waals surface area (Å²) in [6.07, 6.45) is 2.74. The molecule has 1 heterocycles. The molecule has 92 valence electrons. The van der Waals surface area contributed by atoms with Crippen LogP contribution in [0.15, 0.2) is 22.8 Å². The Kier molecular flexibility index (Phi) is 6.88. The summed E-state index contributed by atoms with van der Waals surface area (Å²) in [6, 6.07) is 3.90. The van der Waals surface area contributed by atoms with Gasteiger partial charge in [0.15, 0.2) is 0 Å². The summed E-state index contributed by atoms with van der Waals surface area (Å²) in [5.74, 6) is 0.991. The first-order valence-electron chi connectivity index (χ1n) is 5.89. The molecule has 0 amide bonds. The van der Waals surface area contributed by atoms with E-state index in [1.165, 1.54) is 0 Å². The predicted molar refractivity (Wildman–Crippen MR) is 64.1 cm³/mol. The lowest BCUT2D eigenvalue weighted by Gasteiger charge is -2.20. The fourth-order valence-corrected chi connectivity index (χ4v) is 1.61. The summed E-state index contributed by atoms with van der Waals surface area (Å²) in [5.41, 5.74) is 5.59. The first kappa shape index (κ1) is 13.2. The molecule has 4 heteroatoms. The highest BCUT2D eigenvalue weighted by molar-refractivity contribution is 4.97. The molecule has 0 saturated heterocycles. The third kappa shape index (κ3) is 5.30. The van der Waals surface area contributed by atoms with E-state index in [0.29, 0.717) is 6.54 Å². The van der Waals surface area contributed by atoms with Crippen LogP contribution < -0.4 is 5.73 Å². The molecule has 4 nitrogen and oxygen atoms in total. The van der Waals surface area contributed by atoms with Gasteiger partial charge in [-0.05, 0) is 25.5 Å². The zero-order valence-electron chi connectivity index (χ0n) is 10.0. The summed E-state index contributed by atoms with van der Waals surface area (Å²) in [7, 11) is 0. The molecule has 0 radical (unpaired) electrons. The van der Waals surface area contributed by atoms with Crippen molar-refractivity contribution in [2.24, 2.45) is 5.73 Å². The first-order chi connectivity index (χ1) is 7.86. The Balaban J connectivity index is 2.24. The Labute approximate surface area is 97.4 Å². The maximum absolute atomic E-state index is 5.59. The molecular formula is C12H22N2O2. The Hall–Kier alpha value is -0.840. The van der Waals surface area contributed by atoms with Gasteiger partial charge in [-0.25, -0.2) is 0 Å². The summed E-state index contributed by atoms with van der Waals surface area (Å²) < 4.78 is 10.6. The third-order valence-corrected chi connectivity index (χ3v) is 2.37. The number of nitrogens with zero attached hydrogens (tertiary/aromatic N) is 1. The first-order valence-corrected chi connectivity index (χ1v) is 5.89. The fraction of sp³-hybridized carbons (Fsp3) is 0.667. The fourth-order valence-electron chi connectivity index (χ4n) is 1.61. The SMILES string of the molecule is CCOCCCN(CCN)Cc1ccco1. The highest BCUT2D eigenvalue weighted by Crippen LogP contribution is 2.05. The highest BCUT2D eigenvalue weighted by Gasteiger charge is 2.06. The lowest BCUT2D eigenvalue weighted by atomic mass is 10.3. The zero-order valence-corrected chi connectivity index (χ0v) is 10.0. The maximum Gasteiger partial charge on any atom is 0.117 e. The smallest absolute Gasteiger partial charge is 0.117 e. The van der Waals surface area contributed by atoms with Crippen LogP contribution in [-0.2, 0) is 11.3 Å². The van der Waals surface area contributed by atoms with Crippen LogP contribution in [0.1, 0.15) is 19.1 Å². The van der Waals surface area contributed by atoms with Crippen LogP contribution in [0.2, 0.25) is 0 Å². The van der Waals surface area contributed by atoms with Crippen molar-refractivity contribution in [3.63, 3.8) is 0 Å². The van der Waals surface area contributed by atoms with Gasteiger partial charge in [-0.1, -0.05) is 0 Å². The van der Waals surface area contributed by atoms with E-state index in [2.05, 4.69) is 4.90 Å². The molecule has 0 aromatic carbocycles. The molecular weight excluding hydrogens is 204 g/mol. The van der Waals surface area contributed by atoms with Gasteiger partial charge < -0.3 is 14.9 Å². The van der Waals surface area contributed by atoms with Crippen LogP contribution in [-0.4, -0.2) is 37.7 Å². The van der Waals surface area contributed by atoms with Crippen LogP contribution >= 0.6 is 0 Å². The average molecular weight is 226 g/mol. The van der Waals surface area contributed by atoms with Gasteiger partial charge >= 0.3 is 0 Å². The minimum atomic E-state index is 0.676. The summed E-state index contributed by atoms with van der Waals surface area (Å²) in [5, 5.41) is 0. The summed E-state index contributed by atoms with van der Waals surface area (Å²) >= 11 is 0. The zero-order chi connectivity index (χ0) is 11.6. The van der Waals surface area contributed by atoms with Crippen molar-refractivity contribution in [3.05, 3.63) is 24.2 Å². The second kappa shape index (κ2) is 8.33. The number of ether oxygens (including phenoxy) is 1. The molecule has 0 fully saturated rings. The van der Waals surface area contributed by atoms with Gasteiger partial charge in [-0.3, -0.25) is 4.90 Å². The molecule has 16 heavy (non-hydrogen) atoms. The topological polar surface area (TPSA) is 51.6 Å². The van der Waals surface area contributed by atoms with E-state index in [4.69, 9.17) is 14.9 Å². The average Bonchev–Trinajstić information content (AvgIpc) is 2.77. The minimum absolute atomic E-state index is 0.676. The normalized spacial score (nSPS) is 11.2. The Morgan fingerprint density at radius 1 is 1.44 bits per heavy atom. The lowest BCUT2D eigenvalue weighted by molar-refractivity contribution is 0.129. The van der Waals surface area contributed by atoms with Gasteiger partial charge in [0.2, 0.25) is 0 Å². The minimum Gasteiger partial charge on any atom is -0.468 e. The van der Waals surface area contributed by atoms with Crippen LogP contribution in [0.25, 0.3) is 0 Å². The number of rotatable bonds is 9. The highest BCUT2D eigenvalue weighted by atomic mass is 16.5. The van der Waals surface area contributed by atoms with E-state index < -0.39 is 0 Å². The number of hydrogen-bond acceptors (Lipinski definition) is 4. The molecule has 1 rings (SSSR count). The molecule has 0 aliphatic heterocycles. The molecule has 0 atom stereocenters. The van der Waals surface area contributed by atoms with E-state index in [-0.39, 0.29) is 0 Å². The van der Waals surface area contributed by atoms with Crippen molar-refractivity contribution >= 4 is 0 Å². The van der Waals surface area contributed by atoms with Crippen LogP contribution in [0.3, 0.4) is 0 Å². The number of hydrogen-bond donors (Lipinski definition) is 1. The second-order valence-electron chi connectivity index (χ2n) is 3.69. The molecule has 0 spiro atoms. The van der Waals surface area contributed by atoms with Crippen molar-refractivity contribution in [1.82, 2.24) is 4.90 Å². The molecule has 0 bridgehead atoms. The van der Waals surface area contributed by atoms with E-state index in [1.807, 2.05) is 19.1 Å². The van der Waals surface area contributed by atoms with E-state index in [1.54, 1.807) is 6.26 Å². The molecule has 2 N–H and O–H groups in total. The maximum atomic E-state index is 5.59. The van der Waals surface area contributed by atoms with Crippen molar-refractivity contribution in [2.45, 2.75) is 19.9 Å². The summed E-state index contributed by atoms with van der Waals surface area (Å²) in [4.78, 5) is 2.29. The van der Waals surface area contributed by atoms with Crippen molar-refractivity contribution < 1.29 is 9.15 Å². The Morgan fingerprint density at radius 3 is 2.94 bits per heavy atom. The second-order valence-corrected chi connectivity index (χ2v) is 3.69. The van der Waals surface area contributed by atoms with Crippen molar-refractivity contribution in [3.8, 4) is 0 Å². The van der Waals surface area contributed by atoms with Gasteiger partial charge in [0, 0.05) is 32.8 Å². The third-order valence-electron chi connectivity index (χ3n) is 2.37. The van der Waals surface area contributed by atoms with E-state index in [9.17, 15) is 0 Å². The van der Waals surface area contributed by atoms with Crippen molar-refractivity contribution in [1.29, 1.82) is 0 Å². The standard InChI is InChI=1S/C12H22N2O2/c1-2-15-9-4-7-14(8-6-13)11-12-5-3-10-16-12/h3,5,10H,2,4,6-9,11,13H2,1H3. The predicted octanol–water partition coefficient (Wildman–Crippen LogP) is 1.47. The van der Waals surface area contributed by atoms with Crippen LogP contribution in [0.5, 0.6) is 0 Å². The van der Waals surface area contributed by atoms with Crippen LogP contribution in [0, 0.1) is 0 Å². The Bertz CT molecular complexity index is 250. The monoisotopic (exact) mass is 226 g/mol. The molecule has 0 unspecified atom stereocenters. The molecule has 0 aliphatic rings. The quantitative estimate of drug-likeness (QED) is 0.648. The van der Waals surface area contributed by atoms with Gasteiger partial charge in [0.1, 0.15) is 5.76 Å². The van der Waals surface area contributed by atoms with Gasteiger partial charge in [0.25, 0.3) is 0 Å². The largest absolute Gasteiger partial charge is 0.468 e. The molecule has 1 aromatic heterocycles. The van der Waals surface area contributed by atoms with E-state index >= 15 is 0 Å². The number of furan rings is 1. The van der Waals surface area contributed by atoms with Crippen LogP contribution in [0.4, 0.5) is 0 Å². The molecule has 0 aliphatic carbocycles. The van der Waals surface area contributed by atoms with Gasteiger partial charge in [-0.2, -0.15) is 0 Å².